The second kappa shape index (κ2) is 12.5. The van der Waals surface area contributed by atoms with Crippen molar-refractivity contribution in [3.8, 4) is 40.0 Å². The fourth-order valence-corrected chi connectivity index (χ4v) is 5.98. The number of nitrogens with zero attached hydrogens (tertiary/aromatic N) is 3. The van der Waals surface area contributed by atoms with Crippen molar-refractivity contribution in [3.05, 3.63) is 65.9 Å². The number of ether oxygens (including phenoxy) is 3. The molecule has 0 radical (unpaired) electrons. The van der Waals surface area contributed by atoms with Crippen molar-refractivity contribution in [2.75, 3.05) is 41.0 Å². The highest BCUT2D eigenvalue weighted by atomic mass is 16.5. The molecule has 0 atom stereocenters. The summed E-state index contributed by atoms with van der Waals surface area (Å²) in [7, 11) is 5.73. The summed E-state index contributed by atoms with van der Waals surface area (Å²) in [4.78, 5) is 19.7. The second-order valence-electron chi connectivity index (χ2n) is 11.6. The smallest absolute Gasteiger partial charge is 0.251 e. The van der Waals surface area contributed by atoms with Crippen LogP contribution in [0, 0.1) is 17.2 Å². The largest absolute Gasteiger partial charge is 0.496 e. The molecule has 1 aliphatic heterocycles. The van der Waals surface area contributed by atoms with Crippen LogP contribution in [0.1, 0.15) is 41.6 Å². The number of nitrogens with one attached hydrogen (secondary N) is 1. The minimum atomic E-state index is -0.107. The van der Waals surface area contributed by atoms with Crippen LogP contribution in [0.3, 0.4) is 0 Å². The van der Waals surface area contributed by atoms with Gasteiger partial charge < -0.3 is 28.8 Å². The van der Waals surface area contributed by atoms with Crippen LogP contribution in [-0.4, -0.2) is 68.9 Å². The number of amides is 1. The highest BCUT2D eigenvalue weighted by Crippen LogP contribution is 2.39. The Kier molecular flexibility index (Phi) is 8.32. The second-order valence-corrected chi connectivity index (χ2v) is 11.6. The summed E-state index contributed by atoms with van der Waals surface area (Å²) in [5.74, 6) is 2.20. The highest BCUT2D eigenvalue weighted by Gasteiger charge is 2.31. The van der Waals surface area contributed by atoms with E-state index < -0.39 is 0 Å². The van der Waals surface area contributed by atoms with E-state index in [4.69, 9.17) is 18.6 Å². The van der Waals surface area contributed by atoms with Gasteiger partial charge in [-0.25, -0.2) is 0 Å². The van der Waals surface area contributed by atoms with Crippen LogP contribution in [0.5, 0.6) is 11.5 Å². The van der Waals surface area contributed by atoms with Gasteiger partial charge in [-0.05, 0) is 74.8 Å². The molecular formula is C34H36N4O5. The SMILES string of the molecule is COc1cc(C(=O)NC2CC(CN(C)C)C2)ccc1-c1cc2nccc(-c3ccc(OC4CCOCC4)c(C#N)c3)c2o1. The molecule has 2 aromatic carbocycles. The zero-order valence-corrected chi connectivity index (χ0v) is 24.8. The molecular weight excluding hydrogens is 544 g/mol. The minimum absolute atomic E-state index is 0.0399. The van der Waals surface area contributed by atoms with Gasteiger partial charge in [-0.2, -0.15) is 5.26 Å². The van der Waals surface area contributed by atoms with Crippen LogP contribution in [0.15, 0.2) is 59.1 Å². The Morgan fingerprint density at radius 1 is 1.07 bits per heavy atom. The molecule has 0 bridgehead atoms. The van der Waals surface area contributed by atoms with E-state index in [1.165, 1.54) is 0 Å². The fraction of sp³-hybridized carbons (Fsp3) is 0.382. The van der Waals surface area contributed by atoms with Gasteiger partial charge in [-0.3, -0.25) is 9.78 Å². The third-order valence-electron chi connectivity index (χ3n) is 8.21. The number of carbonyl (C=O) groups excluding carboxylic acids is 1. The Balaban J connectivity index is 1.23. The lowest BCUT2D eigenvalue weighted by molar-refractivity contribution is 0.0254. The maximum atomic E-state index is 13.0. The number of fused-ring (bicyclic) bond motifs is 1. The monoisotopic (exact) mass is 580 g/mol. The summed E-state index contributed by atoms with van der Waals surface area (Å²) in [6.45, 7) is 2.37. The van der Waals surface area contributed by atoms with Gasteiger partial charge in [-0.15, -0.1) is 0 Å². The van der Waals surface area contributed by atoms with Crippen molar-refractivity contribution in [2.45, 2.75) is 37.8 Å². The number of pyridine rings is 1. The third kappa shape index (κ3) is 6.21. The van der Waals surface area contributed by atoms with Crippen LogP contribution in [0.4, 0.5) is 0 Å². The fourth-order valence-electron chi connectivity index (χ4n) is 5.98. The summed E-state index contributed by atoms with van der Waals surface area (Å²) in [6.07, 6.45) is 5.37. The lowest BCUT2D eigenvalue weighted by Gasteiger charge is -2.37. The van der Waals surface area contributed by atoms with E-state index in [2.05, 4.69) is 35.4 Å². The molecule has 1 saturated carbocycles. The Hall–Kier alpha value is -4.39. The van der Waals surface area contributed by atoms with Crippen molar-refractivity contribution in [2.24, 2.45) is 5.92 Å². The molecule has 0 unspecified atom stereocenters. The lowest BCUT2D eigenvalue weighted by atomic mass is 9.80. The Morgan fingerprint density at radius 2 is 1.88 bits per heavy atom. The van der Waals surface area contributed by atoms with Gasteiger partial charge >= 0.3 is 0 Å². The molecule has 3 heterocycles. The van der Waals surface area contributed by atoms with Gasteiger partial charge in [0, 0.05) is 48.8 Å². The zero-order chi connectivity index (χ0) is 29.9. The highest BCUT2D eigenvalue weighted by molar-refractivity contribution is 5.97. The van der Waals surface area contributed by atoms with E-state index in [1.54, 1.807) is 25.4 Å². The first-order valence-electron chi connectivity index (χ1n) is 14.7. The Labute approximate surface area is 251 Å². The quantitative estimate of drug-likeness (QED) is 0.270. The first-order valence-corrected chi connectivity index (χ1v) is 14.7. The molecule has 9 nitrogen and oxygen atoms in total. The molecule has 4 aromatic rings. The molecule has 2 fully saturated rings. The van der Waals surface area contributed by atoms with Crippen molar-refractivity contribution in [1.82, 2.24) is 15.2 Å². The number of aromatic nitrogens is 1. The van der Waals surface area contributed by atoms with E-state index in [9.17, 15) is 10.1 Å². The molecule has 0 spiro atoms. The number of hydrogen-bond donors (Lipinski definition) is 1. The van der Waals surface area contributed by atoms with Gasteiger partial charge in [0.25, 0.3) is 5.91 Å². The zero-order valence-electron chi connectivity index (χ0n) is 24.8. The van der Waals surface area contributed by atoms with Gasteiger partial charge in [0.15, 0.2) is 5.58 Å². The predicted octanol–water partition coefficient (Wildman–Crippen LogP) is 5.67. The molecule has 6 rings (SSSR count). The third-order valence-corrected chi connectivity index (χ3v) is 8.21. The average Bonchev–Trinajstić information content (AvgIpc) is 3.44. The van der Waals surface area contributed by atoms with Gasteiger partial charge in [0.2, 0.25) is 0 Å². The van der Waals surface area contributed by atoms with E-state index >= 15 is 0 Å². The molecule has 1 saturated heterocycles. The molecule has 43 heavy (non-hydrogen) atoms. The maximum absolute atomic E-state index is 13.0. The Bertz CT molecular complexity index is 1660. The first-order chi connectivity index (χ1) is 20.9. The van der Waals surface area contributed by atoms with E-state index in [-0.39, 0.29) is 18.1 Å². The first kappa shape index (κ1) is 28.7. The van der Waals surface area contributed by atoms with Crippen molar-refractivity contribution < 1.29 is 23.4 Å². The number of methoxy groups -OCH3 is 1. The molecule has 1 aliphatic carbocycles. The summed E-state index contributed by atoms with van der Waals surface area (Å²) in [5.41, 5.74) is 4.64. The Morgan fingerprint density at radius 3 is 2.63 bits per heavy atom. The van der Waals surface area contributed by atoms with Crippen molar-refractivity contribution in [3.63, 3.8) is 0 Å². The van der Waals surface area contributed by atoms with Crippen LogP contribution in [0.2, 0.25) is 0 Å². The lowest BCUT2D eigenvalue weighted by Crippen LogP contribution is -2.46. The number of nitriles is 1. The number of benzene rings is 2. The minimum Gasteiger partial charge on any atom is -0.496 e. The van der Waals surface area contributed by atoms with Crippen molar-refractivity contribution in [1.29, 1.82) is 5.26 Å². The summed E-state index contributed by atoms with van der Waals surface area (Å²) in [6, 6.07) is 17.2. The van der Waals surface area contributed by atoms with Crippen LogP contribution >= 0.6 is 0 Å². The van der Waals surface area contributed by atoms with E-state index in [0.29, 0.717) is 58.6 Å². The molecule has 1 N–H and O–H groups in total. The van der Waals surface area contributed by atoms with E-state index in [0.717, 1.165) is 48.9 Å². The topological polar surface area (TPSA) is 110 Å². The van der Waals surface area contributed by atoms with Gasteiger partial charge in [-0.1, -0.05) is 6.07 Å². The van der Waals surface area contributed by atoms with Crippen molar-refractivity contribution >= 4 is 17.0 Å². The van der Waals surface area contributed by atoms with Gasteiger partial charge in [0.05, 0.1) is 31.5 Å². The maximum Gasteiger partial charge on any atom is 0.251 e. The molecule has 1 amide bonds. The number of carbonyl (C=O) groups is 1. The number of rotatable bonds is 9. The predicted molar refractivity (Wildman–Crippen MR) is 163 cm³/mol. The average molecular weight is 581 g/mol. The molecule has 222 valence electrons. The van der Waals surface area contributed by atoms with E-state index in [1.807, 2.05) is 36.4 Å². The standard InChI is InChI=1S/C34H36N4O5/c1-38(2)20-21-14-25(15-21)37-34(39)23-4-6-28(31(17-23)40-3)32-18-29-33(43-32)27(8-11-36-29)22-5-7-30(24(16-22)19-35)42-26-9-12-41-13-10-26/h4-8,11,16-18,21,25-26H,9-10,12-15,20H2,1-3H3,(H,37,39). The summed E-state index contributed by atoms with van der Waals surface area (Å²) in [5, 5.41) is 13.0. The van der Waals surface area contributed by atoms with Crippen LogP contribution < -0.4 is 14.8 Å². The molecule has 9 heteroatoms. The van der Waals surface area contributed by atoms with Crippen LogP contribution in [-0.2, 0) is 4.74 Å². The normalized spacial score (nSPS) is 18.7. The summed E-state index contributed by atoms with van der Waals surface area (Å²) >= 11 is 0. The summed E-state index contributed by atoms with van der Waals surface area (Å²) < 4.78 is 23.6. The van der Waals surface area contributed by atoms with Gasteiger partial charge in [0.1, 0.15) is 34.9 Å². The number of furan rings is 1. The van der Waals surface area contributed by atoms with Crippen LogP contribution in [0.25, 0.3) is 33.6 Å². The molecule has 2 aromatic heterocycles. The molecule has 2 aliphatic rings. The number of hydrogen-bond acceptors (Lipinski definition) is 8.